The Bertz CT molecular complexity index is 580. The van der Waals surface area contributed by atoms with Gasteiger partial charge in [-0.3, -0.25) is 9.89 Å². The molecule has 2 aromatic heterocycles. The minimum atomic E-state index is -0.601. The minimum absolute atomic E-state index is 0.277. The van der Waals surface area contributed by atoms with Crippen molar-refractivity contribution in [2.45, 2.75) is 18.6 Å². The Morgan fingerprint density at radius 1 is 1.55 bits per heavy atom. The summed E-state index contributed by atoms with van der Waals surface area (Å²) in [4.78, 5) is 12.3. The Morgan fingerprint density at radius 3 is 3.20 bits per heavy atom. The summed E-state index contributed by atoms with van der Waals surface area (Å²) >= 11 is 0. The summed E-state index contributed by atoms with van der Waals surface area (Å²) in [5.74, 6) is 0.0612. The number of nitrogens with zero attached hydrogens (tertiary/aromatic N) is 5. The Morgan fingerprint density at radius 2 is 2.45 bits per heavy atom. The fraction of sp³-hybridized carbons (Fsp3) is 0.500. The van der Waals surface area contributed by atoms with Crippen molar-refractivity contribution in [1.29, 1.82) is 0 Å². The van der Waals surface area contributed by atoms with Crippen LogP contribution < -0.4 is 10.6 Å². The quantitative estimate of drug-likeness (QED) is 0.502. The third-order valence-corrected chi connectivity index (χ3v) is 3.21. The second-order valence-electron chi connectivity index (χ2n) is 4.53. The predicted octanol–water partition coefficient (Wildman–Crippen LogP) is -2.16. The van der Waals surface area contributed by atoms with Gasteiger partial charge >= 0.3 is 0 Å². The summed E-state index contributed by atoms with van der Waals surface area (Å²) in [6, 6.07) is -0.277. The normalized spacial score (nSPS) is 22.6. The van der Waals surface area contributed by atoms with E-state index in [0.29, 0.717) is 24.3 Å². The van der Waals surface area contributed by atoms with E-state index in [0.717, 1.165) is 6.54 Å². The van der Waals surface area contributed by atoms with Crippen LogP contribution in [0.4, 0.5) is 0 Å². The van der Waals surface area contributed by atoms with E-state index in [1.807, 2.05) is 0 Å². The number of rotatable bonds is 3. The first-order chi connectivity index (χ1) is 9.75. The van der Waals surface area contributed by atoms with E-state index in [9.17, 15) is 9.90 Å². The van der Waals surface area contributed by atoms with Crippen LogP contribution in [0.3, 0.4) is 0 Å². The predicted molar refractivity (Wildman–Crippen MR) is 66.0 cm³/mol. The van der Waals surface area contributed by atoms with Crippen LogP contribution in [0, 0.1) is 0 Å². The van der Waals surface area contributed by atoms with E-state index in [1.54, 1.807) is 0 Å². The van der Waals surface area contributed by atoms with Gasteiger partial charge < -0.3 is 15.7 Å². The van der Waals surface area contributed by atoms with Gasteiger partial charge in [0.25, 0.3) is 5.91 Å². The first kappa shape index (κ1) is 12.7. The number of hydrogen-bond donors (Lipinski definition) is 4. The summed E-state index contributed by atoms with van der Waals surface area (Å²) in [7, 11) is 0. The van der Waals surface area contributed by atoms with Crippen molar-refractivity contribution in [2.75, 3.05) is 13.1 Å². The van der Waals surface area contributed by atoms with E-state index >= 15 is 0 Å². The molecule has 0 aliphatic carbocycles. The van der Waals surface area contributed by atoms with Gasteiger partial charge in [0.1, 0.15) is 11.9 Å². The molecule has 1 fully saturated rings. The highest BCUT2D eigenvalue weighted by atomic mass is 16.3. The third kappa shape index (κ3) is 2.38. The Balaban J connectivity index is 1.76. The van der Waals surface area contributed by atoms with Crippen LogP contribution in [-0.4, -0.2) is 66.7 Å². The second kappa shape index (κ2) is 5.35. The highest BCUT2D eigenvalue weighted by Gasteiger charge is 2.26. The summed E-state index contributed by atoms with van der Waals surface area (Å²) in [5.41, 5.74) is 0.322. The maximum Gasteiger partial charge on any atom is 0.257 e. The molecule has 1 saturated heterocycles. The largest absolute Gasteiger partial charge is 0.390 e. The molecule has 0 bridgehead atoms. The molecule has 0 unspecified atom stereocenters. The number of aliphatic hydroxyl groups excluding tert-OH is 1. The van der Waals surface area contributed by atoms with Gasteiger partial charge in [0.2, 0.25) is 0 Å². The van der Waals surface area contributed by atoms with Crippen LogP contribution in [0.2, 0.25) is 0 Å². The van der Waals surface area contributed by atoms with Gasteiger partial charge in [-0.15, -0.1) is 5.10 Å². The summed E-state index contributed by atoms with van der Waals surface area (Å²) in [6.45, 7) is 1.23. The Hall–Kier alpha value is -2.33. The molecule has 1 aliphatic heterocycles. The average Bonchev–Trinajstić information content (AvgIpc) is 3.11. The SMILES string of the molecule is O=C(N[C@@H]1CCNC[C@H]1O)c1cn[nH]c1-n1cnnn1. The lowest BCUT2D eigenvalue weighted by Crippen LogP contribution is -2.52. The van der Waals surface area contributed by atoms with Crippen LogP contribution in [0.15, 0.2) is 12.5 Å². The number of tetrazole rings is 1. The van der Waals surface area contributed by atoms with Crippen molar-refractivity contribution in [3.05, 3.63) is 18.1 Å². The number of aromatic amines is 1. The Kier molecular flexibility index (Phi) is 3.39. The first-order valence-electron chi connectivity index (χ1n) is 6.22. The molecule has 4 N–H and O–H groups in total. The molecule has 20 heavy (non-hydrogen) atoms. The summed E-state index contributed by atoms with van der Waals surface area (Å²) < 4.78 is 1.32. The van der Waals surface area contributed by atoms with Gasteiger partial charge in [-0.05, 0) is 23.4 Å². The highest BCUT2D eigenvalue weighted by molar-refractivity contribution is 5.97. The molecule has 0 saturated carbocycles. The van der Waals surface area contributed by atoms with Crippen molar-refractivity contribution in [3.8, 4) is 5.82 Å². The van der Waals surface area contributed by atoms with Crippen molar-refractivity contribution in [2.24, 2.45) is 0 Å². The number of carbonyl (C=O) groups is 1. The lowest BCUT2D eigenvalue weighted by atomic mass is 10.0. The molecular weight excluding hydrogens is 264 g/mol. The molecular formula is C10H14N8O2. The molecule has 10 nitrogen and oxygen atoms in total. The van der Waals surface area contributed by atoms with Crippen molar-refractivity contribution < 1.29 is 9.90 Å². The van der Waals surface area contributed by atoms with Crippen LogP contribution >= 0.6 is 0 Å². The summed E-state index contributed by atoms with van der Waals surface area (Å²) in [6.07, 6.45) is 2.84. The molecule has 106 valence electrons. The van der Waals surface area contributed by atoms with Gasteiger partial charge in [0, 0.05) is 6.54 Å². The van der Waals surface area contributed by atoms with Gasteiger partial charge in [-0.25, -0.2) is 0 Å². The molecule has 10 heteroatoms. The van der Waals surface area contributed by atoms with Gasteiger partial charge in [-0.1, -0.05) is 0 Å². The van der Waals surface area contributed by atoms with Crippen molar-refractivity contribution in [3.63, 3.8) is 0 Å². The number of aromatic nitrogens is 6. The smallest absolute Gasteiger partial charge is 0.257 e. The van der Waals surface area contributed by atoms with E-state index in [2.05, 4.69) is 36.4 Å². The van der Waals surface area contributed by atoms with Crippen molar-refractivity contribution >= 4 is 5.91 Å². The molecule has 1 aliphatic rings. The highest BCUT2D eigenvalue weighted by Crippen LogP contribution is 2.10. The molecule has 3 rings (SSSR count). The van der Waals surface area contributed by atoms with Gasteiger partial charge in [0.15, 0.2) is 5.82 Å². The topological polar surface area (TPSA) is 134 Å². The van der Waals surface area contributed by atoms with Crippen LogP contribution in [0.5, 0.6) is 0 Å². The number of nitrogens with one attached hydrogen (secondary N) is 3. The number of carbonyl (C=O) groups excluding carboxylic acids is 1. The van der Waals surface area contributed by atoms with E-state index in [1.165, 1.54) is 17.2 Å². The van der Waals surface area contributed by atoms with E-state index in [4.69, 9.17) is 0 Å². The molecule has 1 amide bonds. The second-order valence-corrected chi connectivity index (χ2v) is 4.53. The Labute approximate surface area is 113 Å². The number of aliphatic hydroxyl groups is 1. The standard InChI is InChI=1S/C10H14N8O2/c19-8-4-11-2-1-7(8)14-10(20)6-3-12-15-9(6)18-5-13-16-17-18/h3,5,7-8,11,19H,1-2,4H2,(H,12,15)(H,14,20)/t7-,8-/m1/s1. The monoisotopic (exact) mass is 278 g/mol. The third-order valence-electron chi connectivity index (χ3n) is 3.21. The molecule has 2 aromatic rings. The first-order valence-corrected chi connectivity index (χ1v) is 6.22. The molecule has 0 radical (unpaired) electrons. The maximum atomic E-state index is 12.3. The zero-order valence-corrected chi connectivity index (χ0v) is 10.5. The zero-order chi connectivity index (χ0) is 13.9. The van der Waals surface area contributed by atoms with E-state index < -0.39 is 6.10 Å². The fourth-order valence-corrected chi connectivity index (χ4v) is 2.14. The van der Waals surface area contributed by atoms with E-state index in [-0.39, 0.29) is 11.9 Å². The molecule has 2 atom stereocenters. The maximum absolute atomic E-state index is 12.3. The van der Waals surface area contributed by atoms with Gasteiger partial charge in [-0.2, -0.15) is 9.78 Å². The zero-order valence-electron chi connectivity index (χ0n) is 10.5. The molecule has 0 aromatic carbocycles. The van der Waals surface area contributed by atoms with Gasteiger partial charge in [0.05, 0.1) is 18.3 Å². The summed E-state index contributed by atoms with van der Waals surface area (Å²) in [5, 5.41) is 32.9. The molecule has 0 spiro atoms. The average molecular weight is 278 g/mol. The lowest BCUT2D eigenvalue weighted by molar-refractivity contribution is 0.0765. The number of H-pyrrole nitrogens is 1. The fourth-order valence-electron chi connectivity index (χ4n) is 2.14. The lowest BCUT2D eigenvalue weighted by Gasteiger charge is -2.28. The van der Waals surface area contributed by atoms with Crippen molar-refractivity contribution in [1.82, 2.24) is 41.0 Å². The van der Waals surface area contributed by atoms with Crippen LogP contribution in [0.25, 0.3) is 5.82 Å². The number of amides is 1. The van der Waals surface area contributed by atoms with Crippen LogP contribution in [0.1, 0.15) is 16.8 Å². The number of hydrogen-bond acceptors (Lipinski definition) is 7. The minimum Gasteiger partial charge on any atom is -0.390 e. The number of β-amino-alcohol motifs (C(OH)–C–C–N with tert-alkyl or cyclic N) is 1. The number of piperidine rings is 1. The molecule has 3 heterocycles. The van der Waals surface area contributed by atoms with Crippen LogP contribution in [-0.2, 0) is 0 Å².